The van der Waals surface area contributed by atoms with Gasteiger partial charge < -0.3 is 4.57 Å². The molecular formula is C58H35N5S. The first-order valence-corrected chi connectivity index (χ1v) is 22.3. The number of para-hydroxylation sites is 3. The first-order chi connectivity index (χ1) is 31.7. The highest BCUT2D eigenvalue weighted by atomic mass is 32.1. The first kappa shape index (κ1) is 36.3. The van der Waals surface area contributed by atoms with Crippen LogP contribution in [-0.2, 0) is 0 Å². The summed E-state index contributed by atoms with van der Waals surface area (Å²) < 4.78 is 4.88. The summed E-state index contributed by atoms with van der Waals surface area (Å²) in [4.78, 5) is 21.1. The Morgan fingerprint density at radius 3 is 1.72 bits per heavy atom. The van der Waals surface area contributed by atoms with Gasteiger partial charge in [-0.05, 0) is 60.2 Å². The van der Waals surface area contributed by atoms with Crippen molar-refractivity contribution in [3.05, 3.63) is 212 Å². The Morgan fingerprint density at radius 2 is 0.922 bits per heavy atom. The zero-order chi connectivity index (χ0) is 42.1. The Morgan fingerprint density at radius 1 is 0.328 bits per heavy atom. The van der Waals surface area contributed by atoms with E-state index in [0.29, 0.717) is 17.5 Å². The summed E-state index contributed by atoms with van der Waals surface area (Å²) in [6.45, 7) is 0. The number of fused-ring (bicyclic) bond motifs is 10. The van der Waals surface area contributed by atoms with Gasteiger partial charge in [0.15, 0.2) is 17.5 Å². The van der Waals surface area contributed by atoms with E-state index in [1.165, 1.54) is 30.9 Å². The fourth-order valence-corrected chi connectivity index (χ4v) is 10.6. The van der Waals surface area contributed by atoms with Crippen molar-refractivity contribution in [3.63, 3.8) is 0 Å². The Hall–Kier alpha value is -8.32. The Kier molecular flexibility index (Phi) is 8.32. The minimum Gasteiger partial charge on any atom is -0.309 e. The van der Waals surface area contributed by atoms with Crippen LogP contribution in [0.4, 0.5) is 0 Å². The molecule has 13 rings (SSSR count). The summed E-state index contributed by atoms with van der Waals surface area (Å²) in [5.41, 5.74) is 11.2. The van der Waals surface area contributed by atoms with Crippen LogP contribution in [0.1, 0.15) is 0 Å². The van der Waals surface area contributed by atoms with Crippen molar-refractivity contribution >= 4 is 75.0 Å². The lowest BCUT2D eigenvalue weighted by Gasteiger charge is -2.15. The molecule has 0 aliphatic carbocycles. The molecule has 5 nitrogen and oxygen atoms in total. The fourth-order valence-electron chi connectivity index (χ4n) is 9.52. The maximum absolute atomic E-state index is 5.56. The third kappa shape index (κ3) is 5.84. The van der Waals surface area contributed by atoms with Gasteiger partial charge in [-0.1, -0.05) is 158 Å². The minimum atomic E-state index is 0.604. The molecule has 0 aliphatic rings. The van der Waals surface area contributed by atoms with Gasteiger partial charge in [0, 0.05) is 80.6 Å². The van der Waals surface area contributed by atoms with Gasteiger partial charge in [-0.2, -0.15) is 0 Å². The molecule has 0 amide bonds. The van der Waals surface area contributed by atoms with Gasteiger partial charge in [0.1, 0.15) is 0 Å². The molecule has 0 fully saturated rings. The van der Waals surface area contributed by atoms with E-state index in [2.05, 4.69) is 199 Å². The summed E-state index contributed by atoms with van der Waals surface area (Å²) in [6.07, 6.45) is 0. The van der Waals surface area contributed by atoms with Crippen LogP contribution in [0.2, 0.25) is 0 Å². The van der Waals surface area contributed by atoms with Gasteiger partial charge in [-0.15, -0.1) is 11.3 Å². The molecule has 0 saturated heterocycles. The Labute approximate surface area is 372 Å². The van der Waals surface area contributed by atoms with Gasteiger partial charge in [-0.25, -0.2) is 19.9 Å². The monoisotopic (exact) mass is 833 g/mol. The number of benzene rings is 9. The highest BCUT2D eigenvalue weighted by Crippen LogP contribution is 2.45. The second-order valence-electron chi connectivity index (χ2n) is 16.2. The highest BCUT2D eigenvalue weighted by molar-refractivity contribution is 7.26. The maximum Gasteiger partial charge on any atom is 0.164 e. The van der Waals surface area contributed by atoms with Crippen molar-refractivity contribution < 1.29 is 0 Å². The van der Waals surface area contributed by atoms with E-state index in [4.69, 9.17) is 19.9 Å². The lowest BCUT2D eigenvalue weighted by atomic mass is 9.93. The lowest BCUT2D eigenvalue weighted by molar-refractivity contribution is 1.07. The molecule has 0 unspecified atom stereocenters. The average Bonchev–Trinajstić information content (AvgIpc) is 3.92. The second-order valence-corrected chi connectivity index (χ2v) is 17.2. The molecule has 13 aromatic rings. The first-order valence-electron chi connectivity index (χ1n) is 21.5. The predicted octanol–water partition coefficient (Wildman–Crippen LogP) is 15.4. The molecule has 0 N–H and O–H groups in total. The van der Waals surface area contributed by atoms with E-state index in [0.717, 1.165) is 77.5 Å². The minimum absolute atomic E-state index is 0.604. The van der Waals surface area contributed by atoms with E-state index in [1.54, 1.807) is 0 Å². The van der Waals surface area contributed by atoms with Crippen molar-refractivity contribution in [1.82, 2.24) is 24.5 Å². The van der Waals surface area contributed by atoms with Crippen LogP contribution in [-0.4, -0.2) is 24.5 Å². The smallest absolute Gasteiger partial charge is 0.164 e. The second kappa shape index (κ2) is 14.7. The molecule has 4 heterocycles. The number of thiophene rings is 1. The zero-order valence-corrected chi connectivity index (χ0v) is 35.2. The molecule has 4 aromatic heterocycles. The molecule has 6 heteroatoms. The summed E-state index contributed by atoms with van der Waals surface area (Å²) in [5.74, 6) is 1.84. The molecule has 0 saturated carbocycles. The van der Waals surface area contributed by atoms with Crippen LogP contribution < -0.4 is 0 Å². The van der Waals surface area contributed by atoms with E-state index in [1.807, 2.05) is 29.5 Å². The third-order valence-corrected chi connectivity index (χ3v) is 13.6. The summed E-state index contributed by atoms with van der Waals surface area (Å²) >= 11 is 1.85. The molecule has 298 valence electrons. The van der Waals surface area contributed by atoms with Gasteiger partial charge >= 0.3 is 0 Å². The number of hydrogen-bond acceptors (Lipinski definition) is 5. The van der Waals surface area contributed by atoms with Crippen molar-refractivity contribution in [2.45, 2.75) is 0 Å². The molecule has 0 aliphatic heterocycles. The van der Waals surface area contributed by atoms with Crippen LogP contribution in [0.5, 0.6) is 0 Å². The molecule has 0 radical (unpaired) electrons. The van der Waals surface area contributed by atoms with Gasteiger partial charge in [0.2, 0.25) is 0 Å². The molecular weight excluding hydrogens is 799 g/mol. The normalized spacial score (nSPS) is 11.8. The van der Waals surface area contributed by atoms with E-state index >= 15 is 0 Å². The number of rotatable bonds is 6. The summed E-state index contributed by atoms with van der Waals surface area (Å²) in [5, 5.41) is 8.37. The lowest BCUT2D eigenvalue weighted by Crippen LogP contribution is -2.00. The maximum atomic E-state index is 5.56. The molecule has 9 aromatic carbocycles. The Bertz CT molecular complexity index is 3950. The highest BCUT2D eigenvalue weighted by Gasteiger charge is 2.20. The average molecular weight is 834 g/mol. The fraction of sp³-hybridized carbons (Fsp3) is 0. The summed E-state index contributed by atoms with van der Waals surface area (Å²) in [7, 11) is 0. The molecule has 0 atom stereocenters. The number of pyridine rings is 1. The van der Waals surface area contributed by atoms with Crippen molar-refractivity contribution in [2.24, 2.45) is 0 Å². The topological polar surface area (TPSA) is 56.5 Å². The van der Waals surface area contributed by atoms with E-state index in [-0.39, 0.29) is 0 Å². The zero-order valence-electron chi connectivity index (χ0n) is 34.4. The van der Waals surface area contributed by atoms with E-state index < -0.39 is 0 Å². The SMILES string of the molecule is c1ccc(-c2nc(-c3cccc(-c4cccc5c4nc(-c4ccccc4)c4ccc6sc7ccccc7c6c45)c3)nc(-c3ccc4c(c3)c3ccccc3n4-c3ccccc3)n2)cc1. The Balaban J connectivity index is 1.01. The van der Waals surface area contributed by atoms with Crippen LogP contribution >= 0.6 is 11.3 Å². The molecule has 64 heavy (non-hydrogen) atoms. The molecule has 0 spiro atoms. The molecule has 0 bridgehead atoms. The van der Waals surface area contributed by atoms with Crippen LogP contribution in [0.25, 0.3) is 126 Å². The largest absolute Gasteiger partial charge is 0.309 e. The van der Waals surface area contributed by atoms with Gasteiger partial charge in [-0.3, -0.25) is 0 Å². The third-order valence-electron chi connectivity index (χ3n) is 12.4. The van der Waals surface area contributed by atoms with Crippen LogP contribution in [0, 0.1) is 0 Å². The number of aromatic nitrogens is 5. The van der Waals surface area contributed by atoms with Gasteiger partial charge in [0.05, 0.1) is 22.2 Å². The van der Waals surface area contributed by atoms with Crippen LogP contribution in [0.3, 0.4) is 0 Å². The predicted molar refractivity (Wildman–Crippen MR) is 267 cm³/mol. The number of hydrogen-bond donors (Lipinski definition) is 0. The standard InChI is InChI=1S/C58H35N5S/c1-4-16-36(17-5-1)54-46-31-33-51-53(44-25-11-13-29-50(44)64-51)52(46)45-27-15-26-42(55(45)59-54)38-20-14-21-39(34-38)57-60-56(37-18-6-2-7-19-37)61-58(62-57)40-30-32-49-47(35-40)43-24-10-12-28-48(43)63(49)41-22-8-3-9-23-41/h1-35H. The van der Waals surface area contributed by atoms with Crippen LogP contribution in [0.15, 0.2) is 212 Å². The van der Waals surface area contributed by atoms with Crippen molar-refractivity contribution in [1.29, 1.82) is 0 Å². The van der Waals surface area contributed by atoms with Crippen molar-refractivity contribution in [2.75, 3.05) is 0 Å². The number of nitrogens with zero attached hydrogens (tertiary/aromatic N) is 5. The van der Waals surface area contributed by atoms with Gasteiger partial charge in [0.25, 0.3) is 0 Å². The summed E-state index contributed by atoms with van der Waals surface area (Å²) in [6, 6.07) is 74.9. The van der Waals surface area contributed by atoms with E-state index in [9.17, 15) is 0 Å². The quantitative estimate of drug-likeness (QED) is 0.157. The van der Waals surface area contributed by atoms with Crippen molar-refractivity contribution in [3.8, 4) is 62.2 Å².